The molecule has 0 saturated carbocycles. The van der Waals surface area contributed by atoms with Gasteiger partial charge in [0.15, 0.2) is 0 Å². The zero-order valence-electron chi connectivity index (χ0n) is 11.6. The largest absolute Gasteiger partial charge is 0.315 e. The van der Waals surface area contributed by atoms with E-state index in [0.29, 0.717) is 12.2 Å². The van der Waals surface area contributed by atoms with Crippen molar-refractivity contribution in [1.82, 2.24) is 10.3 Å². The molecule has 5 nitrogen and oxygen atoms in total. The fourth-order valence-electron chi connectivity index (χ4n) is 1.78. The van der Waals surface area contributed by atoms with E-state index in [1.807, 2.05) is 12.1 Å². The van der Waals surface area contributed by atoms with Crippen molar-refractivity contribution in [2.45, 2.75) is 25.5 Å². The van der Waals surface area contributed by atoms with Crippen LogP contribution < -0.4 is 10.0 Å². The van der Waals surface area contributed by atoms with Crippen molar-refractivity contribution in [3.8, 4) is 0 Å². The molecule has 1 unspecified atom stereocenters. The molecule has 7 heteroatoms. The highest BCUT2D eigenvalue weighted by atomic mass is 32.2. The summed E-state index contributed by atoms with van der Waals surface area (Å²) in [5.41, 5.74) is 3.22. The number of sulfonamides is 1. The predicted octanol–water partition coefficient (Wildman–Crippen LogP) is 2.43. The fourth-order valence-corrected chi connectivity index (χ4v) is 3.49. The van der Waals surface area contributed by atoms with Gasteiger partial charge >= 0.3 is 0 Å². The molecular weight excluding hydrogens is 294 g/mol. The van der Waals surface area contributed by atoms with Gasteiger partial charge in [0, 0.05) is 6.54 Å². The molecule has 2 rings (SSSR count). The first kappa shape index (κ1) is 15.2. The van der Waals surface area contributed by atoms with Gasteiger partial charge in [-0.15, -0.1) is 11.3 Å². The number of nitrogens with one attached hydrogen (secondary N) is 2. The molecule has 2 N–H and O–H groups in total. The lowest BCUT2D eigenvalue weighted by atomic mass is 10.3. The first-order valence-electron chi connectivity index (χ1n) is 6.58. The summed E-state index contributed by atoms with van der Waals surface area (Å²) in [6.07, 6.45) is 0.988. The highest BCUT2D eigenvalue weighted by Crippen LogP contribution is 2.22. The van der Waals surface area contributed by atoms with E-state index in [2.05, 4.69) is 21.9 Å². The molecule has 0 bridgehead atoms. The Labute approximate surface area is 123 Å². The van der Waals surface area contributed by atoms with Crippen molar-refractivity contribution in [2.75, 3.05) is 17.8 Å². The smallest absolute Gasteiger partial charge is 0.236 e. The Hall–Kier alpha value is -1.18. The number of thiazole rings is 1. The average molecular weight is 313 g/mol. The highest BCUT2D eigenvalue weighted by molar-refractivity contribution is 7.93. The van der Waals surface area contributed by atoms with Crippen molar-refractivity contribution >= 4 is 37.3 Å². The van der Waals surface area contributed by atoms with Gasteiger partial charge in [-0.3, -0.25) is 4.72 Å². The van der Waals surface area contributed by atoms with Gasteiger partial charge in [-0.2, -0.15) is 0 Å². The summed E-state index contributed by atoms with van der Waals surface area (Å²) >= 11 is 1.49. The molecule has 0 spiro atoms. The van der Waals surface area contributed by atoms with Crippen molar-refractivity contribution in [3.63, 3.8) is 0 Å². The Kier molecular flexibility index (Phi) is 4.95. The quantitative estimate of drug-likeness (QED) is 0.770. The standard InChI is InChI=1S/C13H19N3O2S2/c1-3-6-14-8-10(2)20(17,18)16-11-4-5-12-13(7-11)19-9-15-12/h4-5,7,9-10,14,16H,3,6,8H2,1-2H3. The molecule has 2 aromatic rings. The number of nitrogens with zero attached hydrogens (tertiary/aromatic N) is 1. The summed E-state index contributed by atoms with van der Waals surface area (Å²) in [6.45, 7) is 5.03. The number of anilines is 1. The van der Waals surface area contributed by atoms with E-state index < -0.39 is 15.3 Å². The van der Waals surface area contributed by atoms with Gasteiger partial charge in [-0.25, -0.2) is 13.4 Å². The first-order chi connectivity index (χ1) is 9.53. The number of benzene rings is 1. The number of aromatic nitrogens is 1. The van der Waals surface area contributed by atoms with E-state index in [1.165, 1.54) is 11.3 Å². The lowest BCUT2D eigenvalue weighted by Gasteiger charge is -2.15. The van der Waals surface area contributed by atoms with Crippen LogP contribution in [0.5, 0.6) is 0 Å². The van der Waals surface area contributed by atoms with Crippen molar-refractivity contribution in [2.24, 2.45) is 0 Å². The first-order valence-corrected chi connectivity index (χ1v) is 9.01. The summed E-state index contributed by atoms with van der Waals surface area (Å²) < 4.78 is 28.0. The Morgan fingerprint density at radius 1 is 1.40 bits per heavy atom. The minimum Gasteiger partial charge on any atom is -0.315 e. The third-order valence-corrected chi connectivity index (χ3v) is 5.52. The number of fused-ring (bicyclic) bond motifs is 1. The van der Waals surface area contributed by atoms with Gasteiger partial charge in [-0.1, -0.05) is 6.92 Å². The van der Waals surface area contributed by atoms with Crippen LogP contribution in [0.2, 0.25) is 0 Å². The van der Waals surface area contributed by atoms with E-state index in [0.717, 1.165) is 23.2 Å². The summed E-state index contributed by atoms with van der Waals surface area (Å²) in [7, 11) is -3.37. The van der Waals surface area contributed by atoms with Crippen LogP contribution in [-0.4, -0.2) is 31.7 Å². The van der Waals surface area contributed by atoms with Crippen LogP contribution in [0.15, 0.2) is 23.7 Å². The molecule has 0 aliphatic rings. The third-order valence-electron chi connectivity index (χ3n) is 2.98. The molecular formula is C13H19N3O2S2. The zero-order valence-corrected chi connectivity index (χ0v) is 13.2. The van der Waals surface area contributed by atoms with Gasteiger partial charge < -0.3 is 5.32 Å². The van der Waals surface area contributed by atoms with E-state index in [4.69, 9.17) is 0 Å². The monoisotopic (exact) mass is 313 g/mol. The van der Waals surface area contributed by atoms with E-state index in [9.17, 15) is 8.42 Å². The minimum absolute atomic E-state index is 0.450. The maximum absolute atomic E-state index is 12.2. The Morgan fingerprint density at radius 3 is 2.95 bits per heavy atom. The Morgan fingerprint density at radius 2 is 2.20 bits per heavy atom. The molecule has 0 amide bonds. The van der Waals surface area contributed by atoms with Crippen molar-refractivity contribution in [1.29, 1.82) is 0 Å². The van der Waals surface area contributed by atoms with Crippen molar-refractivity contribution < 1.29 is 8.42 Å². The molecule has 0 radical (unpaired) electrons. The molecule has 0 fully saturated rings. The van der Waals surface area contributed by atoms with Crippen LogP contribution in [0.25, 0.3) is 10.2 Å². The molecule has 110 valence electrons. The Bertz CT molecular complexity index is 667. The molecule has 0 aliphatic heterocycles. The van der Waals surface area contributed by atoms with Gasteiger partial charge in [0.1, 0.15) is 0 Å². The molecule has 1 atom stereocenters. The topological polar surface area (TPSA) is 71.1 Å². The molecule has 20 heavy (non-hydrogen) atoms. The van der Waals surface area contributed by atoms with Gasteiger partial charge in [0.25, 0.3) is 0 Å². The fraction of sp³-hybridized carbons (Fsp3) is 0.462. The summed E-state index contributed by atoms with van der Waals surface area (Å²) in [5.74, 6) is 0. The number of rotatable bonds is 7. The molecule has 0 aliphatic carbocycles. The lowest BCUT2D eigenvalue weighted by Crippen LogP contribution is -2.35. The van der Waals surface area contributed by atoms with Crippen LogP contribution in [0.3, 0.4) is 0 Å². The van der Waals surface area contributed by atoms with Crippen LogP contribution in [0.4, 0.5) is 5.69 Å². The van der Waals surface area contributed by atoms with Crippen LogP contribution in [0, 0.1) is 0 Å². The lowest BCUT2D eigenvalue weighted by molar-refractivity contribution is 0.576. The maximum Gasteiger partial charge on any atom is 0.236 e. The molecule has 1 aromatic carbocycles. The van der Waals surface area contributed by atoms with Crippen LogP contribution in [0.1, 0.15) is 20.3 Å². The second-order valence-electron chi connectivity index (χ2n) is 4.70. The van der Waals surface area contributed by atoms with E-state index in [-0.39, 0.29) is 0 Å². The third kappa shape index (κ3) is 3.68. The second-order valence-corrected chi connectivity index (χ2v) is 7.68. The minimum atomic E-state index is -3.37. The van der Waals surface area contributed by atoms with Crippen LogP contribution >= 0.6 is 11.3 Å². The predicted molar refractivity (Wildman–Crippen MR) is 84.8 cm³/mol. The SMILES string of the molecule is CCCNCC(C)S(=O)(=O)Nc1ccc2ncsc2c1. The zero-order chi connectivity index (χ0) is 14.6. The summed E-state index contributed by atoms with van der Waals surface area (Å²) in [6, 6.07) is 5.38. The number of hydrogen-bond acceptors (Lipinski definition) is 5. The second kappa shape index (κ2) is 6.51. The highest BCUT2D eigenvalue weighted by Gasteiger charge is 2.20. The Balaban J connectivity index is 2.06. The summed E-state index contributed by atoms with van der Waals surface area (Å²) in [5, 5.41) is 2.64. The number of hydrogen-bond donors (Lipinski definition) is 2. The normalized spacial score (nSPS) is 13.5. The molecule has 0 saturated heterocycles. The van der Waals surface area contributed by atoms with E-state index in [1.54, 1.807) is 18.5 Å². The molecule has 1 aromatic heterocycles. The maximum atomic E-state index is 12.2. The summed E-state index contributed by atoms with van der Waals surface area (Å²) in [4.78, 5) is 4.17. The average Bonchev–Trinajstić information content (AvgIpc) is 2.85. The van der Waals surface area contributed by atoms with Gasteiger partial charge in [0.05, 0.1) is 26.7 Å². The molecule has 1 heterocycles. The van der Waals surface area contributed by atoms with Crippen molar-refractivity contribution in [3.05, 3.63) is 23.7 Å². The van der Waals surface area contributed by atoms with E-state index >= 15 is 0 Å². The van der Waals surface area contributed by atoms with Gasteiger partial charge in [-0.05, 0) is 38.1 Å². The van der Waals surface area contributed by atoms with Gasteiger partial charge in [0.2, 0.25) is 10.0 Å². The van der Waals surface area contributed by atoms with Crippen LogP contribution in [-0.2, 0) is 10.0 Å².